The molecule has 5 atom stereocenters. The minimum Gasteiger partial charge on any atom is -0.339 e. The van der Waals surface area contributed by atoms with Crippen LogP contribution in [-0.2, 0) is 25.6 Å². The van der Waals surface area contributed by atoms with E-state index in [1.807, 2.05) is 7.05 Å². The molecule has 2 aromatic rings. The maximum atomic E-state index is 13.8. The topological polar surface area (TPSA) is 74.8 Å². The first-order valence-corrected chi connectivity index (χ1v) is 15.4. The van der Waals surface area contributed by atoms with E-state index < -0.39 is 33.4 Å². The van der Waals surface area contributed by atoms with Gasteiger partial charge in [-0.25, -0.2) is 8.42 Å². The van der Waals surface area contributed by atoms with Gasteiger partial charge in [-0.15, -0.1) is 0 Å². The van der Waals surface area contributed by atoms with Crippen molar-refractivity contribution in [1.82, 2.24) is 9.80 Å². The largest absolute Gasteiger partial charge is 0.416 e. The second-order valence-electron chi connectivity index (χ2n) is 11.3. The number of nitrogens with zero attached hydrogens (tertiary/aromatic N) is 2. The number of rotatable bonds is 9. The van der Waals surface area contributed by atoms with Gasteiger partial charge in [-0.3, -0.25) is 4.79 Å². The van der Waals surface area contributed by atoms with Gasteiger partial charge in [-0.1, -0.05) is 36.4 Å². The zero-order valence-electron chi connectivity index (χ0n) is 23.0. The summed E-state index contributed by atoms with van der Waals surface area (Å²) in [6.45, 7) is 4.43. The third-order valence-electron chi connectivity index (χ3n) is 8.73. The van der Waals surface area contributed by atoms with Gasteiger partial charge in [0.05, 0.1) is 28.0 Å². The van der Waals surface area contributed by atoms with Crippen LogP contribution in [0.3, 0.4) is 0 Å². The average Bonchev–Trinajstić information content (AvgIpc) is 3.29. The highest BCUT2D eigenvalue weighted by atomic mass is 32.2. The molecule has 0 spiro atoms. The van der Waals surface area contributed by atoms with E-state index in [9.17, 15) is 31.2 Å². The Kier molecular flexibility index (Phi) is 9.09. The lowest BCUT2D eigenvalue weighted by Gasteiger charge is -2.44. The van der Waals surface area contributed by atoms with Crippen molar-refractivity contribution in [3.8, 4) is 0 Å². The Morgan fingerprint density at radius 3 is 2.30 bits per heavy atom. The van der Waals surface area contributed by atoms with E-state index in [0.717, 1.165) is 12.5 Å². The zero-order chi connectivity index (χ0) is 29.2. The van der Waals surface area contributed by atoms with Crippen LogP contribution in [-0.4, -0.2) is 67.9 Å². The van der Waals surface area contributed by atoms with Gasteiger partial charge < -0.3 is 14.6 Å². The lowest BCUT2D eigenvalue weighted by Crippen LogP contribution is -2.52. The van der Waals surface area contributed by atoms with Crippen molar-refractivity contribution >= 4 is 22.0 Å². The molecular formula is C30H37F3N2O4S. The van der Waals surface area contributed by atoms with Gasteiger partial charge in [-0.2, -0.15) is 13.2 Å². The predicted molar refractivity (Wildman–Crippen MR) is 146 cm³/mol. The Balaban J connectivity index is 1.62. The van der Waals surface area contributed by atoms with Crippen LogP contribution in [0.15, 0.2) is 59.5 Å². The Hall–Kier alpha value is -2.72. The Morgan fingerprint density at radius 2 is 1.68 bits per heavy atom. The molecule has 1 saturated heterocycles. The molecule has 6 nitrogen and oxygen atoms in total. The smallest absolute Gasteiger partial charge is 0.339 e. The number of likely N-dealkylation sites (tertiary alicyclic amines) is 1. The fraction of sp³-hybridized carbons (Fsp3) is 0.533. The maximum Gasteiger partial charge on any atom is 0.416 e. The van der Waals surface area contributed by atoms with E-state index in [4.69, 9.17) is 0 Å². The van der Waals surface area contributed by atoms with Crippen LogP contribution >= 0.6 is 0 Å². The van der Waals surface area contributed by atoms with Crippen LogP contribution in [0.4, 0.5) is 13.2 Å². The predicted octanol–water partition coefficient (Wildman–Crippen LogP) is 5.19. The standard InChI is InChI=1S/C30H37F3N2O4S/c1-20(2)34(3)22-13-14-28(21(17-22)19-40(38,39)23-9-5-4-6-10-23)35-16-15-25(29(35)37)26(18-36)24-11-7-8-12-27(24)30(31,32)33/h4-12,18,20-22,25-26,28H,13-17,19H2,1-3H3/t21-,22+,25?,26?,28-/m0/s1. The number of aldehydes is 1. The first-order chi connectivity index (χ1) is 18.8. The molecule has 0 radical (unpaired) electrons. The molecule has 1 heterocycles. The van der Waals surface area contributed by atoms with E-state index in [0.29, 0.717) is 19.1 Å². The highest BCUT2D eigenvalue weighted by molar-refractivity contribution is 7.91. The molecule has 2 unspecified atom stereocenters. The summed E-state index contributed by atoms with van der Waals surface area (Å²) >= 11 is 0. The Bertz CT molecular complexity index is 1300. The maximum absolute atomic E-state index is 13.8. The number of carbonyl (C=O) groups is 2. The monoisotopic (exact) mass is 578 g/mol. The fourth-order valence-electron chi connectivity index (χ4n) is 6.43. The highest BCUT2D eigenvalue weighted by Crippen LogP contribution is 2.42. The van der Waals surface area contributed by atoms with Gasteiger partial charge in [0.15, 0.2) is 9.84 Å². The number of carbonyl (C=O) groups excluding carboxylic acids is 2. The van der Waals surface area contributed by atoms with E-state index in [1.165, 1.54) is 18.2 Å². The molecule has 1 aliphatic carbocycles. The number of hydrogen-bond acceptors (Lipinski definition) is 5. The second kappa shape index (κ2) is 12.0. The summed E-state index contributed by atoms with van der Waals surface area (Å²) in [4.78, 5) is 30.0. The highest BCUT2D eigenvalue weighted by Gasteiger charge is 2.47. The number of amides is 1. The van der Waals surface area contributed by atoms with Crippen LogP contribution in [0, 0.1) is 11.8 Å². The molecule has 0 aromatic heterocycles. The van der Waals surface area contributed by atoms with Crippen molar-refractivity contribution in [3.05, 3.63) is 65.7 Å². The molecule has 2 aromatic carbocycles. The van der Waals surface area contributed by atoms with Crippen LogP contribution in [0.25, 0.3) is 0 Å². The number of sulfone groups is 1. The summed E-state index contributed by atoms with van der Waals surface area (Å²) in [6, 6.07) is 13.1. The lowest BCUT2D eigenvalue weighted by molar-refractivity contribution is -0.140. The molecule has 1 amide bonds. The van der Waals surface area contributed by atoms with Gasteiger partial charge in [0.2, 0.25) is 5.91 Å². The van der Waals surface area contributed by atoms with Crippen molar-refractivity contribution in [3.63, 3.8) is 0 Å². The molecule has 10 heteroatoms. The number of halogens is 3. The van der Waals surface area contributed by atoms with Crippen molar-refractivity contribution < 1.29 is 31.2 Å². The van der Waals surface area contributed by atoms with Crippen LogP contribution in [0.5, 0.6) is 0 Å². The number of benzene rings is 2. The van der Waals surface area contributed by atoms with E-state index in [1.54, 1.807) is 35.2 Å². The number of alkyl halides is 3. The van der Waals surface area contributed by atoms with Crippen molar-refractivity contribution in [2.75, 3.05) is 19.3 Å². The van der Waals surface area contributed by atoms with Crippen LogP contribution < -0.4 is 0 Å². The Labute approximate surface area is 234 Å². The van der Waals surface area contributed by atoms with E-state index >= 15 is 0 Å². The molecule has 40 heavy (non-hydrogen) atoms. The SMILES string of the molecule is CC(C)N(C)[C@@H]1CC[C@H](N2CCC(C(C=O)c3ccccc3C(F)(F)F)C2=O)[C@H](CS(=O)(=O)c2ccccc2)C1. The van der Waals surface area contributed by atoms with Gasteiger partial charge in [0.1, 0.15) is 6.29 Å². The second-order valence-corrected chi connectivity index (χ2v) is 13.4. The van der Waals surface area contributed by atoms with Crippen molar-refractivity contribution in [1.29, 1.82) is 0 Å². The van der Waals surface area contributed by atoms with Crippen LogP contribution in [0.1, 0.15) is 56.6 Å². The number of hydrogen-bond donors (Lipinski definition) is 0. The van der Waals surface area contributed by atoms with Gasteiger partial charge in [0, 0.05) is 24.7 Å². The molecule has 0 N–H and O–H groups in total. The lowest BCUT2D eigenvalue weighted by atomic mass is 9.80. The normalized spacial score (nSPS) is 25.0. The quantitative estimate of drug-likeness (QED) is 0.383. The first-order valence-electron chi connectivity index (χ1n) is 13.8. The Morgan fingerprint density at radius 1 is 1.02 bits per heavy atom. The molecule has 2 aliphatic rings. The fourth-order valence-corrected chi connectivity index (χ4v) is 8.11. The molecule has 218 valence electrons. The average molecular weight is 579 g/mol. The summed E-state index contributed by atoms with van der Waals surface area (Å²) in [6.07, 6.45) is -2.05. The van der Waals surface area contributed by atoms with Crippen molar-refractivity contribution in [2.45, 2.75) is 74.6 Å². The summed E-state index contributed by atoms with van der Waals surface area (Å²) in [7, 11) is -1.63. The summed E-state index contributed by atoms with van der Waals surface area (Å²) in [5.74, 6) is -3.03. The minimum absolute atomic E-state index is 0.132. The summed E-state index contributed by atoms with van der Waals surface area (Å²) in [5, 5.41) is 0. The summed E-state index contributed by atoms with van der Waals surface area (Å²) in [5.41, 5.74) is -1.11. The summed E-state index contributed by atoms with van der Waals surface area (Å²) < 4.78 is 68.0. The molecule has 2 fully saturated rings. The minimum atomic E-state index is -4.66. The third kappa shape index (κ3) is 6.28. The van der Waals surface area contributed by atoms with Crippen LogP contribution in [0.2, 0.25) is 0 Å². The molecule has 1 aliphatic heterocycles. The van der Waals surface area contributed by atoms with E-state index in [-0.39, 0.29) is 59.1 Å². The molecule has 1 saturated carbocycles. The van der Waals surface area contributed by atoms with Gasteiger partial charge in [0.25, 0.3) is 0 Å². The molecule has 4 rings (SSSR count). The van der Waals surface area contributed by atoms with Crippen molar-refractivity contribution in [2.24, 2.45) is 11.8 Å². The third-order valence-corrected chi connectivity index (χ3v) is 10.6. The molecular weight excluding hydrogens is 541 g/mol. The van der Waals surface area contributed by atoms with Gasteiger partial charge in [-0.05, 0) is 76.3 Å². The van der Waals surface area contributed by atoms with E-state index in [2.05, 4.69) is 18.7 Å². The first kappa shape index (κ1) is 30.2. The van der Waals surface area contributed by atoms with Gasteiger partial charge >= 0.3 is 6.18 Å². The molecule has 0 bridgehead atoms. The zero-order valence-corrected chi connectivity index (χ0v) is 23.9.